The molecular weight excluding hydrogens is 269 g/mol. The van der Waals surface area contributed by atoms with Crippen molar-refractivity contribution in [3.63, 3.8) is 0 Å². The van der Waals surface area contributed by atoms with Crippen LogP contribution in [0.2, 0.25) is 5.02 Å². The molecule has 0 spiro atoms. The van der Waals surface area contributed by atoms with Gasteiger partial charge in [-0.05, 0) is 36.4 Å². The molecule has 0 aliphatic rings. The lowest BCUT2D eigenvalue weighted by molar-refractivity contribution is 0.103. The van der Waals surface area contributed by atoms with Gasteiger partial charge in [-0.15, -0.1) is 0 Å². The normalized spacial score (nSPS) is 10.3. The third-order valence-corrected chi connectivity index (χ3v) is 3.01. The molecule has 2 aromatic rings. The molecule has 0 aliphatic carbocycles. The number of anilines is 1. The van der Waals surface area contributed by atoms with Gasteiger partial charge in [-0.3, -0.25) is 4.79 Å². The Morgan fingerprint density at radius 3 is 2.63 bits per heavy atom. The number of methoxy groups -OCH3 is 1. The Labute approximate surface area is 114 Å². The van der Waals surface area contributed by atoms with Crippen molar-refractivity contribution in [3.8, 4) is 5.75 Å². The average Bonchev–Trinajstić information content (AvgIpc) is 2.41. The highest BCUT2D eigenvalue weighted by Crippen LogP contribution is 2.25. The fourth-order valence-corrected chi connectivity index (χ4v) is 1.82. The number of nitrogen functional groups attached to an aromatic ring is 1. The monoisotopic (exact) mass is 279 g/mol. The van der Waals surface area contributed by atoms with Crippen LogP contribution in [0.25, 0.3) is 0 Å². The van der Waals surface area contributed by atoms with Crippen LogP contribution in [-0.2, 0) is 0 Å². The van der Waals surface area contributed by atoms with E-state index in [1.807, 2.05) is 0 Å². The highest BCUT2D eigenvalue weighted by molar-refractivity contribution is 6.33. The van der Waals surface area contributed by atoms with Crippen LogP contribution in [0.3, 0.4) is 0 Å². The number of hydrogen-bond acceptors (Lipinski definition) is 3. The number of rotatable bonds is 3. The van der Waals surface area contributed by atoms with Crippen molar-refractivity contribution in [1.29, 1.82) is 0 Å². The molecule has 0 saturated heterocycles. The predicted octanol–water partition coefficient (Wildman–Crippen LogP) is 3.30. The second-order valence-electron chi connectivity index (χ2n) is 3.91. The van der Waals surface area contributed by atoms with Crippen LogP contribution in [0.15, 0.2) is 36.4 Å². The van der Waals surface area contributed by atoms with Crippen LogP contribution < -0.4 is 10.5 Å². The Morgan fingerprint density at radius 2 is 2.00 bits per heavy atom. The van der Waals surface area contributed by atoms with Crippen molar-refractivity contribution in [2.45, 2.75) is 0 Å². The minimum atomic E-state index is -0.508. The highest BCUT2D eigenvalue weighted by atomic mass is 35.5. The molecule has 0 unspecified atom stereocenters. The van der Waals surface area contributed by atoms with Crippen LogP contribution in [0.5, 0.6) is 5.75 Å². The fraction of sp³-hybridized carbons (Fsp3) is 0.0714. The van der Waals surface area contributed by atoms with Gasteiger partial charge in [0.2, 0.25) is 0 Å². The SMILES string of the molecule is COc1ccc(F)cc1C(=O)c1ccc(Cl)c(N)c1. The van der Waals surface area contributed by atoms with E-state index < -0.39 is 5.82 Å². The van der Waals surface area contributed by atoms with Crippen LogP contribution in [0.1, 0.15) is 15.9 Å². The first-order chi connectivity index (χ1) is 9.02. The molecule has 0 saturated carbocycles. The summed E-state index contributed by atoms with van der Waals surface area (Å²) in [6.07, 6.45) is 0. The van der Waals surface area contributed by atoms with Crippen LogP contribution >= 0.6 is 11.6 Å². The Kier molecular flexibility index (Phi) is 3.71. The molecule has 5 heteroatoms. The lowest BCUT2D eigenvalue weighted by Gasteiger charge is -2.08. The molecule has 0 radical (unpaired) electrons. The van der Waals surface area contributed by atoms with Gasteiger partial charge in [0.05, 0.1) is 23.4 Å². The summed E-state index contributed by atoms with van der Waals surface area (Å²) in [5.74, 6) is -0.578. The quantitative estimate of drug-likeness (QED) is 0.693. The molecule has 2 aromatic carbocycles. The van der Waals surface area contributed by atoms with E-state index in [0.717, 1.165) is 6.07 Å². The predicted molar refractivity (Wildman–Crippen MR) is 72.2 cm³/mol. The van der Waals surface area contributed by atoms with Crippen molar-refractivity contribution in [3.05, 3.63) is 58.4 Å². The number of carbonyl (C=O) groups excluding carboxylic acids is 1. The Morgan fingerprint density at radius 1 is 1.26 bits per heavy atom. The molecular formula is C14H11ClFNO2. The summed E-state index contributed by atoms with van der Waals surface area (Å²) < 4.78 is 18.3. The smallest absolute Gasteiger partial charge is 0.196 e. The molecule has 19 heavy (non-hydrogen) atoms. The first-order valence-electron chi connectivity index (χ1n) is 5.46. The summed E-state index contributed by atoms with van der Waals surface area (Å²) >= 11 is 5.79. The summed E-state index contributed by atoms with van der Waals surface area (Å²) in [5, 5.41) is 0.364. The lowest BCUT2D eigenvalue weighted by atomic mass is 10.0. The second kappa shape index (κ2) is 5.28. The van der Waals surface area contributed by atoms with Crippen LogP contribution in [-0.4, -0.2) is 12.9 Å². The number of nitrogens with two attached hydrogens (primary N) is 1. The number of halogens is 2. The van der Waals surface area contributed by atoms with Crippen molar-refractivity contribution < 1.29 is 13.9 Å². The molecule has 2 N–H and O–H groups in total. The van der Waals surface area contributed by atoms with Crippen LogP contribution in [0, 0.1) is 5.82 Å². The average molecular weight is 280 g/mol. The maximum Gasteiger partial charge on any atom is 0.196 e. The standard InChI is InChI=1S/C14H11ClFNO2/c1-19-13-5-3-9(16)7-10(13)14(18)8-2-4-11(15)12(17)6-8/h2-7H,17H2,1H3. The largest absolute Gasteiger partial charge is 0.496 e. The van der Waals surface area contributed by atoms with Gasteiger partial charge < -0.3 is 10.5 Å². The van der Waals surface area contributed by atoms with Crippen molar-refractivity contribution in [2.75, 3.05) is 12.8 Å². The van der Waals surface area contributed by atoms with Crippen LogP contribution in [0.4, 0.5) is 10.1 Å². The topological polar surface area (TPSA) is 52.3 Å². The van der Waals surface area contributed by atoms with E-state index in [4.69, 9.17) is 22.1 Å². The summed E-state index contributed by atoms with van der Waals surface area (Å²) in [7, 11) is 1.42. The summed E-state index contributed by atoms with van der Waals surface area (Å²) in [4.78, 5) is 12.3. The molecule has 0 atom stereocenters. The number of hydrogen-bond donors (Lipinski definition) is 1. The molecule has 0 bridgehead atoms. The third-order valence-electron chi connectivity index (χ3n) is 2.66. The lowest BCUT2D eigenvalue weighted by Crippen LogP contribution is -2.05. The number of benzene rings is 2. The summed E-state index contributed by atoms with van der Waals surface area (Å²) in [5.41, 5.74) is 6.41. The zero-order chi connectivity index (χ0) is 14.0. The molecule has 0 heterocycles. The summed E-state index contributed by atoms with van der Waals surface area (Å²) in [6.45, 7) is 0. The van der Waals surface area contributed by atoms with E-state index in [9.17, 15) is 9.18 Å². The van der Waals surface area contributed by atoms with Gasteiger partial charge in [0.25, 0.3) is 0 Å². The molecule has 98 valence electrons. The van der Waals surface area contributed by atoms with Gasteiger partial charge in [0.15, 0.2) is 5.78 Å². The fourth-order valence-electron chi connectivity index (χ4n) is 1.70. The molecule has 0 amide bonds. The van der Waals surface area contributed by atoms with Gasteiger partial charge in [-0.25, -0.2) is 4.39 Å². The molecule has 0 aromatic heterocycles. The highest BCUT2D eigenvalue weighted by Gasteiger charge is 2.16. The summed E-state index contributed by atoms with van der Waals surface area (Å²) in [6, 6.07) is 8.27. The van der Waals surface area contributed by atoms with Gasteiger partial charge >= 0.3 is 0 Å². The van der Waals surface area contributed by atoms with Crippen molar-refractivity contribution >= 4 is 23.1 Å². The van der Waals surface area contributed by atoms with Crippen molar-refractivity contribution in [1.82, 2.24) is 0 Å². The number of carbonyl (C=O) groups is 1. The van der Waals surface area contributed by atoms with Crippen molar-refractivity contribution in [2.24, 2.45) is 0 Å². The zero-order valence-corrected chi connectivity index (χ0v) is 10.9. The maximum atomic E-state index is 13.2. The first kappa shape index (κ1) is 13.4. The first-order valence-corrected chi connectivity index (χ1v) is 5.84. The Hall–Kier alpha value is -2.07. The Balaban J connectivity index is 2.49. The zero-order valence-electron chi connectivity index (χ0n) is 10.1. The van der Waals surface area contributed by atoms with E-state index in [-0.39, 0.29) is 11.3 Å². The maximum absolute atomic E-state index is 13.2. The molecule has 3 nitrogen and oxygen atoms in total. The molecule has 0 aliphatic heterocycles. The van der Waals surface area contributed by atoms with E-state index in [1.165, 1.54) is 37.4 Å². The number of ketones is 1. The molecule has 0 fully saturated rings. The van der Waals surface area contributed by atoms with Gasteiger partial charge in [-0.1, -0.05) is 11.6 Å². The van der Waals surface area contributed by atoms with E-state index >= 15 is 0 Å². The van der Waals surface area contributed by atoms with Gasteiger partial charge in [0.1, 0.15) is 11.6 Å². The Bertz CT molecular complexity index is 643. The molecule has 2 rings (SSSR count). The minimum absolute atomic E-state index is 0.143. The van der Waals surface area contributed by atoms with Gasteiger partial charge in [0, 0.05) is 5.56 Å². The third kappa shape index (κ3) is 2.69. The number of ether oxygens (including phenoxy) is 1. The second-order valence-corrected chi connectivity index (χ2v) is 4.32. The minimum Gasteiger partial charge on any atom is -0.496 e. The van der Waals surface area contributed by atoms with E-state index in [1.54, 1.807) is 0 Å². The van der Waals surface area contributed by atoms with E-state index in [2.05, 4.69) is 0 Å². The van der Waals surface area contributed by atoms with Gasteiger partial charge in [-0.2, -0.15) is 0 Å². The van der Waals surface area contributed by atoms with E-state index in [0.29, 0.717) is 22.0 Å².